The number of benzene rings is 1. The SMILES string of the molecule is CCOc1cc2c(cc1CNC1=NCC(C)N1)OC(C)C2. The molecule has 114 valence electrons. The normalized spacial score (nSPS) is 23.1. The second-order valence-corrected chi connectivity index (χ2v) is 5.72. The summed E-state index contributed by atoms with van der Waals surface area (Å²) in [6.07, 6.45) is 1.20. The average Bonchev–Trinajstić information content (AvgIpc) is 3.01. The van der Waals surface area contributed by atoms with E-state index in [4.69, 9.17) is 9.47 Å². The van der Waals surface area contributed by atoms with E-state index < -0.39 is 0 Å². The Hall–Kier alpha value is -1.91. The number of nitrogens with one attached hydrogen (secondary N) is 2. The van der Waals surface area contributed by atoms with Crippen molar-refractivity contribution in [2.75, 3.05) is 13.2 Å². The number of fused-ring (bicyclic) bond motifs is 1. The van der Waals surface area contributed by atoms with Gasteiger partial charge in [-0.2, -0.15) is 0 Å². The van der Waals surface area contributed by atoms with Gasteiger partial charge < -0.3 is 20.1 Å². The molecule has 0 saturated heterocycles. The third-order valence-electron chi connectivity index (χ3n) is 3.73. The summed E-state index contributed by atoms with van der Waals surface area (Å²) < 4.78 is 11.6. The van der Waals surface area contributed by atoms with Crippen LogP contribution in [0.25, 0.3) is 0 Å². The van der Waals surface area contributed by atoms with Gasteiger partial charge in [-0.1, -0.05) is 0 Å². The highest BCUT2D eigenvalue weighted by atomic mass is 16.5. The van der Waals surface area contributed by atoms with Crippen molar-refractivity contribution in [3.8, 4) is 11.5 Å². The summed E-state index contributed by atoms with van der Waals surface area (Å²) in [7, 11) is 0. The van der Waals surface area contributed by atoms with Gasteiger partial charge >= 0.3 is 0 Å². The summed E-state index contributed by atoms with van der Waals surface area (Å²) in [6.45, 7) is 8.39. The van der Waals surface area contributed by atoms with E-state index in [-0.39, 0.29) is 6.10 Å². The predicted octanol–water partition coefficient (Wildman–Crippen LogP) is 1.85. The number of ether oxygens (including phenoxy) is 2. The molecular weight excluding hydrogens is 266 g/mol. The lowest BCUT2D eigenvalue weighted by molar-refractivity contribution is 0.254. The van der Waals surface area contributed by atoms with E-state index in [1.54, 1.807) is 0 Å². The molecule has 2 atom stereocenters. The van der Waals surface area contributed by atoms with Crippen LogP contribution >= 0.6 is 0 Å². The minimum Gasteiger partial charge on any atom is -0.494 e. The molecule has 0 radical (unpaired) electrons. The zero-order chi connectivity index (χ0) is 14.8. The molecule has 5 heteroatoms. The molecule has 1 aromatic carbocycles. The van der Waals surface area contributed by atoms with E-state index >= 15 is 0 Å². The van der Waals surface area contributed by atoms with Crippen LogP contribution in [0.3, 0.4) is 0 Å². The Kier molecular flexibility index (Phi) is 3.90. The van der Waals surface area contributed by atoms with Gasteiger partial charge in [0.25, 0.3) is 0 Å². The predicted molar refractivity (Wildman–Crippen MR) is 83.1 cm³/mol. The molecular formula is C16H23N3O2. The molecule has 0 amide bonds. The van der Waals surface area contributed by atoms with Crippen LogP contribution in [0.5, 0.6) is 11.5 Å². The van der Waals surface area contributed by atoms with Gasteiger partial charge in [0.15, 0.2) is 5.96 Å². The molecule has 3 rings (SSSR count). The molecule has 1 aromatic rings. The van der Waals surface area contributed by atoms with Gasteiger partial charge in [-0.05, 0) is 32.9 Å². The summed E-state index contributed by atoms with van der Waals surface area (Å²) >= 11 is 0. The van der Waals surface area contributed by atoms with Crippen molar-refractivity contribution < 1.29 is 9.47 Å². The van der Waals surface area contributed by atoms with Crippen molar-refractivity contribution in [3.05, 3.63) is 23.3 Å². The number of nitrogens with zero attached hydrogens (tertiary/aromatic N) is 1. The largest absolute Gasteiger partial charge is 0.494 e. The van der Waals surface area contributed by atoms with Crippen LogP contribution in [0.2, 0.25) is 0 Å². The van der Waals surface area contributed by atoms with E-state index in [0.29, 0.717) is 19.2 Å². The highest BCUT2D eigenvalue weighted by molar-refractivity contribution is 5.81. The van der Waals surface area contributed by atoms with Crippen molar-refractivity contribution in [2.24, 2.45) is 4.99 Å². The number of rotatable bonds is 4. The Labute approximate surface area is 125 Å². The lowest BCUT2D eigenvalue weighted by Crippen LogP contribution is -2.37. The Morgan fingerprint density at radius 1 is 1.43 bits per heavy atom. The monoisotopic (exact) mass is 289 g/mol. The third kappa shape index (κ3) is 3.06. The number of aliphatic imine (C=N–C) groups is 1. The first-order valence-corrected chi connectivity index (χ1v) is 7.65. The molecule has 2 aliphatic rings. The number of guanidine groups is 1. The fourth-order valence-corrected chi connectivity index (χ4v) is 2.75. The van der Waals surface area contributed by atoms with Crippen LogP contribution in [0, 0.1) is 0 Å². The van der Waals surface area contributed by atoms with Gasteiger partial charge in [0.2, 0.25) is 0 Å². The van der Waals surface area contributed by atoms with E-state index in [1.165, 1.54) is 5.56 Å². The van der Waals surface area contributed by atoms with Gasteiger partial charge in [-0.25, -0.2) is 0 Å². The van der Waals surface area contributed by atoms with Crippen LogP contribution in [-0.4, -0.2) is 31.3 Å². The van der Waals surface area contributed by atoms with E-state index in [0.717, 1.165) is 36.0 Å². The molecule has 0 aromatic heterocycles. The average molecular weight is 289 g/mol. The summed E-state index contributed by atoms with van der Waals surface area (Å²) in [5.41, 5.74) is 2.34. The molecule has 0 saturated carbocycles. The number of hydrogen-bond acceptors (Lipinski definition) is 5. The van der Waals surface area contributed by atoms with Crippen LogP contribution in [-0.2, 0) is 13.0 Å². The van der Waals surface area contributed by atoms with Crippen LogP contribution in [0.1, 0.15) is 31.9 Å². The zero-order valence-corrected chi connectivity index (χ0v) is 12.9. The van der Waals surface area contributed by atoms with Crippen LogP contribution in [0.15, 0.2) is 17.1 Å². The van der Waals surface area contributed by atoms with Gasteiger partial charge in [-0.15, -0.1) is 0 Å². The molecule has 0 aliphatic carbocycles. The van der Waals surface area contributed by atoms with Crippen LogP contribution < -0.4 is 20.1 Å². The Balaban J connectivity index is 1.75. The first kappa shape index (κ1) is 14.0. The molecule has 2 N–H and O–H groups in total. The molecule has 0 bridgehead atoms. The van der Waals surface area contributed by atoms with Gasteiger partial charge in [0, 0.05) is 30.1 Å². The minimum atomic E-state index is 0.249. The maximum atomic E-state index is 5.84. The third-order valence-corrected chi connectivity index (χ3v) is 3.73. The van der Waals surface area contributed by atoms with Crippen molar-refractivity contribution in [3.63, 3.8) is 0 Å². The summed E-state index contributed by atoms with van der Waals surface area (Å²) in [5.74, 6) is 2.78. The molecule has 0 fully saturated rings. The molecule has 21 heavy (non-hydrogen) atoms. The van der Waals surface area contributed by atoms with Gasteiger partial charge in [0.05, 0.1) is 13.2 Å². The standard InChI is InChI=1S/C16H23N3O2/c1-4-20-14-6-12-5-11(3)21-15(12)7-13(14)9-18-16-17-8-10(2)19-16/h6-7,10-11H,4-5,8-9H2,1-3H3,(H2,17,18,19). The van der Waals surface area contributed by atoms with Crippen LogP contribution in [0.4, 0.5) is 0 Å². The lowest BCUT2D eigenvalue weighted by atomic mass is 10.1. The quantitative estimate of drug-likeness (QED) is 0.888. The highest BCUT2D eigenvalue weighted by Crippen LogP contribution is 2.35. The molecule has 2 unspecified atom stereocenters. The smallest absolute Gasteiger partial charge is 0.191 e. The topological polar surface area (TPSA) is 54.9 Å². The first-order valence-electron chi connectivity index (χ1n) is 7.65. The van der Waals surface area contributed by atoms with E-state index in [9.17, 15) is 0 Å². The summed E-state index contributed by atoms with van der Waals surface area (Å²) in [4.78, 5) is 4.41. The van der Waals surface area contributed by atoms with Gasteiger partial charge in [-0.3, -0.25) is 4.99 Å². The Morgan fingerprint density at radius 2 is 2.29 bits per heavy atom. The summed E-state index contributed by atoms with van der Waals surface area (Å²) in [5, 5.41) is 6.63. The fourth-order valence-electron chi connectivity index (χ4n) is 2.75. The van der Waals surface area contributed by atoms with Crippen molar-refractivity contribution in [2.45, 2.75) is 45.9 Å². The first-order chi connectivity index (χ1) is 10.2. The van der Waals surface area contributed by atoms with Crippen molar-refractivity contribution in [1.82, 2.24) is 10.6 Å². The zero-order valence-electron chi connectivity index (χ0n) is 12.9. The fraction of sp³-hybridized carbons (Fsp3) is 0.562. The minimum absolute atomic E-state index is 0.249. The Morgan fingerprint density at radius 3 is 3.00 bits per heavy atom. The highest BCUT2D eigenvalue weighted by Gasteiger charge is 2.22. The molecule has 2 heterocycles. The second-order valence-electron chi connectivity index (χ2n) is 5.72. The number of hydrogen-bond donors (Lipinski definition) is 2. The summed E-state index contributed by atoms with van der Waals surface area (Å²) in [6, 6.07) is 4.62. The van der Waals surface area contributed by atoms with E-state index in [1.807, 2.05) is 6.92 Å². The molecule has 5 nitrogen and oxygen atoms in total. The van der Waals surface area contributed by atoms with Gasteiger partial charge in [0.1, 0.15) is 17.6 Å². The maximum absolute atomic E-state index is 5.84. The van der Waals surface area contributed by atoms with E-state index in [2.05, 4.69) is 41.6 Å². The lowest BCUT2D eigenvalue weighted by Gasteiger charge is -2.14. The second kappa shape index (κ2) is 5.84. The molecule has 0 spiro atoms. The van der Waals surface area contributed by atoms with Crippen molar-refractivity contribution >= 4 is 5.96 Å². The van der Waals surface area contributed by atoms with Crippen molar-refractivity contribution in [1.29, 1.82) is 0 Å². The maximum Gasteiger partial charge on any atom is 0.191 e. The Bertz CT molecular complexity index is 557. The molecule has 2 aliphatic heterocycles.